The number of ether oxygens (including phenoxy) is 1. The van der Waals surface area contributed by atoms with Crippen LogP contribution in [0.5, 0.6) is 5.88 Å². The van der Waals surface area contributed by atoms with Crippen LogP contribution >= 0.6 is 15.9 Å². The molecule has 0 fully saturated rings. The number of benzene rings is 1. The van der Waals surface area contributed by atoms with E-state index in [2.05, 4.69) is 37.4 Å². The van der Waals surface area contributed by atoms with Gasteiger partial charge >= 0.3 is 5.97 Å². The topological polar surface area (TPSA) is 89.3 Å². The van der Waals surface area contributed by atoms with Gasteiger partial charge in [0, 0.05) is 31.8 Å². The number of carbonyl (C=O) groups is 1. The lowest BCUT2D eigenvalue weighted by atomic mass is 9.91. The van der Waals surface area contributed by atoms with E-state index in [0.717, 1.165) is 42.2 Å². The maximum absolute atomic E-state index is 13.6. The monoisotopic (exact) mass is 516 g/mol. The molecular weight excluding hydrogens is 491 g/mol. The quantitative estimate of drug-likeness (QED) is 0.435. The summed E-state index contributed by atoms with van der Waals surface area (Å²) in [5.41, 5.74) is 3.68. The molecule has 174 valence electrons. The van der Waals surface area contributed by atoms with Crippen molar-refractivity contribution in [2.24, 2.45) is 7.05 Å². The van der Waals surface area contributed by atoms with Crippen LogP contribution in [0.4, 0.5) is 10.2 Å². The van der Waals surface area contributed by atoms with Crippen LogP contribution in [-0.4, -0.2) is 39.0 Å². The highest BCUT2D eigenvalue weighted by atomic mass is 79.9. The third kappa shape index (κ3) is 5.90. The zero-order chi connectivity index (χ0) is 23.4. The molecule has 0 spiro atoms. The van der Waals surface area contributed by atoms with E-state index in [9.17, 15) is 14.3 Å². The number of aromatic nitrogens is 3. The molecule has 2 N–H and O–H groups in total. The number of rotatable bonds is 9. The van der Waals surface area contributed by atoms with Crippen LogP contribution in [0.25, 0.3) is 0 Å². The van der Waals surface area contributed by atoms with E-state index in [1.165, 1.54) is 11.6 Å². The molecule has 2 aromatic heterocycles. The predicted octanol–water partition coefficient (Wildman–Crippen LogP) is 4.50. The summed E-state index contributed by atoms with van der Waals surface area (Å²) < 4.78 is 21.5. The molecule has 1 atom stereocenters. The van der Waals surface area contributed by atoms with Gasteiger partial charge in [-0.3, -0.25) is 4.79 Å². The Bertz CT molecular complexity index is 1150. The molecule has 0 bridgehead atoms. The minimum absolute atomic E-state index is 0.0805. The molecular formula is C24H26BrFN4O3. The Morgan fingerprint density at radius 2 is 2.15 bits per heavy atom. The molecule has 3 heterocycles. The Kier molecular flexibility index (Phi) is 7.27. The highest BCUT2D eigenvalue weighted by Crippen LogP contribution is 2.29. The number of carboxylic acids is 1. The fourth-order valence-electron chi connectivity index (χ4n) is 4.05. The van der Waals surface area contributed by atoms with Crippen LogP contribution < -0.4 is 10.1 Å². The van der Waals surface area contributed by atoms with Gasteiger partial charge in [0.15, 0.2) is 0 Å². The van der Waals surface area contributed by atoms with Crippen molar-refractivity contribution in [1.29, 1.82) is 0 Å². The van der Waals surface area contributed by atoms with Crippen LogP contribution in [0.15, 0.2) is 40.9 Å². The predicted molar refractivity (Wildman–Crippen MR) is 126 cm³/mol. The zero-order valence-electron chi connectivity index (χ0n) is 18.4. The first kappa shape index (κ1) is 23.2. The number of fused-ring (bicyclic) bond motifs is 1. The van der Waals surface area contributed by atoms with Gasteiger partial charge in [0.25, 0.3) is 0 Å². The summed E-state index contributed by atoms with van der Waals surface area (Å²) in [6, 6.07) is 10.6. The molecule has 1 aromatic carbocycles. The summed E-state index contributed by atoms with van der Waals surface area (Å²) in [5, 5.41) is 17.2. The summed E-state index contributed by atoms with van der Waals surface area (Å²) in [5.74, 6) is -0.0614. The van der Waals surface area contributed by atoms with Crippen molar-refractivity contribution in [3.63, 3.8) is 0 Å². The van der Waals surface area contributed by atoms with Crippen molar-refractivity contribution in [2.45, 2.75) is 38.0 Å². The van der Waals surface area contributed by atoms with E-state index in [0.29, 0.717) is 29.8 Å². The molecule has 0 radical (unpaired) electrons. The van der Waals surface area contributed by atoms with E-state index >= 15 is 0 Å². The second kappa shape index (κ2) is 10.3. The Morgan fingerprint density at radius 3 is 2.94 bits per heavy atom. The summed E-state index contributed by atoms with van der Waals surface area (Å²) in [4.78, 5) is 16.1. The van der Waals surface area contributed by atoms with Crippen LogP contribution in [0.3, 0.4) is 0 Å². The second-order valence-electron chi connectivity index (χ2n) is 8.21. The fraction of sp³-hybridized carbons (Fsp3) is 0.375. The summed E-state index contributed by atoms with van der Waals surface area (Å²) in [6.07, 6.45) is 3.18. The summed E-state index contributed by atoms with van der Waals surface area (Å²) in [6.45, 7) is 1.41. The molecule has 4 rings (SSSR count). The van der Waals surface area contributed by atoms with E-state index in [1.54, 1.807) is 23.9 Å². The standard InChI is InChI=1S/C24H26BrFN4O3/c1-30-22(33-10-8-18-6-4-15-3-2-9-27-24(15)28-18)14-19(29-30)11-17(13-23(31)32)16-5-7-21(26)20(25)12-16/h4-7,12,14,17H,2-3,8-11,13H2,1H3,(H,27,28)(H,31,32). The maximum Gasteiger partial charge on any atom is 0.303 e. The van der Waals surface area contributed by atoms with Crippen molar-refractivity contribution in [2.75, 3.05) is 18.5 Å². The second-order valence-corrected chi connectivity index (χ2v) is 9.06. The van der Waals surface area contributed by atoms with Gasteiger partial charge in [0.2, 0.25) is 5.88 Å². The molecule has 9 heteroatoms. The number of aryl methyl sites for hydroxylation is 2. The number of nitrogens with zero attached hydrogens (tertiary/aromatic N) is 3. The van der Waals surface area contributed by atoms with Crippen molar-refractivity contribution < 1.29 is 19.0 Å². The Balaban J connectivity index is 1.40. The highest BCUT2D eigenvalue weighted by Gasteiger charge is 2.20. The number of pyridine rings is 1. The average molecular weight is 517 g/mol. The summed E-state index contributed by atoms with van der Waals surface area (Å²) >= 11 is 3.18. The number of nitrogens with one attached hydrogen (secondary N) is 1. The van der Waals surface area contributed by atoms with Crippen LogP contribution in [0.2, 0.25) is 0 Å². The average Bonchev–Trinajstić information content (AvgIpc) is 3.13. The van der Waals surface area contributed by atoms with Gasteiger partial charge in [-0.25, -0.2) is 14.1 Å². The summed E-state index contributed by atoms with van der Waals surface area (Å²) in [7, 11) is 1.79. The van der Waals surface area contributed by atoms with Gasteiger partial charge < -0.3 is 15.2 Å². The van der Waals surface area contributed by atoms with Gasteiger partial charge in [-0.1, -0.05) is 12.1 Å². The SMILES string of the molecule is Cn1nc(CC(CC(=O)O)c2ccc(F)c(Br)c2)cc1OCCc1ccc2c(n1)NCCC2. The van der Waals surface area contributed by atoms with Gasteiger partial charge in [0.1, 0.15) is 11.6 Å². The number of carboxylic acid groups (broad SMARTS) is 1. The Morgan fingerprint density at radius 1 is 1.30 bits per heavy atom. The van der Waals surface area contributed by atoms with Gasteiger partial charge in [-0.05, 0) is 70.4 Å². The Hall–Kier alpha value is -2.94. The van der Waals surface area contributed by atoms with E-state index in [4.69, 9.17) is 4.74 Å². The van der Waals surface area contributed by atoms with Crippen molar-refractivity contribution in [1.82, 2.24) is 14.8 Å². The van der Waals surface area contributed by atoms with E-state index in [1.807, 2.05) is 12.1 Å². The number of hydrogen-bond donors (Lipinski definition) is 2. The minimum atomic E-state index is -0.917. The lowest BCUT2D eigenvalue weighted by Crippen LogP contribution is -2.14. The number of halogens is 2. The molecule has 33 heavy (non-hydrogen) atoms. The number of hydrogen-bond acceptors (Lipinski definition) is 5. The minimum Gasteiger partial charge on any atom is -0.481 e. The van der Waals surface area contributed by atoms with Gasteiger partial charge in [-0.15, -0.1) is 0 Å². The normalized spacial score (nSPS) is 13.8. The van der Waals surface area contributed by atoms with E-state index < -0.39 is 5.97 Å². The van der Waals surface area contributed by atoms with Crippen LogP contribution in [-0.2, 0) is 31.1 Å². The van der Waals surface area contributed by atoms with Gasteiger partial charge in [0.05, 0.1) is 23.2 Å². The van der Waals surface area contributed by atoms with Crippen LogP contribution in [0, 0.1) is 5.82 Å². The molecule has 0 amide bonds. The first-order valence-electron chi connectivity index (χ1n) is 10.9. The molecule has 1 unspecified atom stereocenters. The van der Waals surface area contributed by atoms with Crippen LogP contribution in [0.1, 0.15) is 41.3 Å². The largest absolute Gasteiger partial charge is 0.481 e. The highest BCUT2D eigenvalue weighted by molar-refractivity contribution is 9.10. The lowest BCUT2D eigenvalue weighted by molar-refractivity contribution is -0.137. The lowest BCUT2D eigenvalue weighted by Gasteiger charge is -2.17. The smallest absolute Gasteiger partial charge is 0.303 e. The third-order valence-corrected chi connectivity index (χ3v) is 6.35. The molecule has 0 aliphatic carbocycles. The molecule has 0 saturated carbocycles. The number of aliphatic carboxylic acids is 1. The first-order valence-corrected chi connectivity index (χ1v) is 11.7. The fourth-order valence-corrected chi connectivity index (χ4v) is 4.44. The van der Waals surface area contributed by atoms with Crippen molar-refractivity contribution >= 4 is 27.7 Å². The first-order chi connectivity index (χ1) is 15.9. The molecule has 1 aliphatic rings. The molecule has 0 saturated heterocycles. The van der Waals surface area contributed by atoms with Crippen molar-refractivity contribution in [3.8, 4) is 5.88 Å². The zero-order valence-corrected chi connectivity index (χ0v) is 19.9. The van der Waals surface area contributed by atoms with Crippen molar-refractivity contribution in [3.05, 3.63) is 69.2 Å². The molecule has 1 aliphatic heterocycles. The third-order valence-electron chi connectivity index (χ3n) is 5.74. The maximum atomic E-state index is 13.6. The Labute approximate surface area is 200 Å². The van der Waals surface area contributed by atoms with E-state index in [-0.39, 0.29) is 18.2 Å². The van der Waals surface area contributed by atoms with Gasteiger partial charge in [-0.2, -0.15) is 5.10 Å². The number of anilines is 1. The molecule has 7 nitrogen and oxygen atoms in total. The molecule has 3 aromatic rings.